The van der Waals surface area contributed by atoms with Crippen LogP contribution in [0.3, 0.4) is 0 Å². The molecule has 0 spiro atoms. The van der Waals surface area contributed by atoms with Gasteiger partial charge in [-0.15, -0.1) is 10.2 Å². The molecule has 0 radical (unpaired) electrons. The van der Waals surface area contributed by atoms with Crippen LogP contribution in [0.5, 0.6) is 5.75 Å². The number of ether oxygens (including phenoxy) is 1. The summed E-state index contributed by atoms with van der Waals surface area (Å²) in [5.41, 5.74) is 4.17. The lowest BCUT2D eigenvalue weighted by Crippen LogP contribution is -1.97. The monoisotopic (exact) mass is 411 g/mol. The van der Waals surface area contributed by atoms with Crippen LogP contribution >= 0.6 is 23.4 Å². The zero-order chi connectivity index (χ0) is 19.5. The van der Waals surface area contributed by atoms with E-state index in [1.165, 1.54) is 11.8 Å². The van der Waals surface area contributed by atoms with E-state index in [-0.39, 0.29) is 6.61 Å². The van der Waals surface area contributed by atoms with E-state index in [1.54, 1.807) is 6.20 Å². The number of benzene rings is 2. The molecule has 0 aliphatic heterocycles. The maximum Gasteiger partial charge on any atom is 0.277 e. The minimum atomic E-state index is 0.239. The second-order valence-corrected chi connectivity index (χ2v) is 7.75. The zero-order valence-electron chi connectivity index (χ0n) is 15.5. The Balaban J connectivity index is 1.42. The molecule has 0 atom stereocenters. The van der Waals surface area contributed by atoms with Gasteiger partial charge in [-0.1, -0.05) is 41.6 Å². The molecule has 4 rings (SSSR count). The summed E-state index contributed by atoms with van der Waals surface area (Å²) >= 11 is 7.72. The Bertz CT molecular complexity index is 1130. The number of pyridine rings is 1. The Hall–Kier alpha value is -2.57. The average molecular weight is 412 g/mol. The van der Waals surface area contributed by atoms with E-state index in [0.717, 1.165) is 33.3 Å². The molecule has 5 nitrogen and oxygen atoms in total. The number of aryl methyl sites for hydroxylation is 2. The van der Waals surface area contributed by atoms with Crippen LogP contribution in [0.25, 0.3) is 10.9 Å². The number of rotatable bonds is 6. The minimum Gasteiger partial charge on any atom is -0.484 e. The Kier molecular flexibility index (Phi) is 5.50. The molecule has 0 aliphatic rings. The van der Waals surface area contributed by atoms with Crippen molar-refractivity contribution in [2.24, 2.45) is 0 Å². The number of hydrogen-bond donors (Lipinski definition) is 0. The van der Waals surface area contributed by atoms with Crippen LogP contribution in [0.1, 0.15) is 22.6 Å². The maximum atomic E-state index is 6.25. The van der Waals surface area contributed by atoms with Gasteiger partial charge in [-0.05, 0) is 54.8 Å². The summed E-state index contributed by atoms with van der Waals surface area (Å²) < 4.78 is 11.5. The van der Waals surface area contributed by atoms with E-state index in [1.807, 2.05) is 50.2 Å². The van der Waals surface area contributed by atoms with Gasteiger partial charge >= 0.3 is 0 Å². The van der Waals surface area contributed by atoms with Gasteiger partial charge in [0.15, 0.2) is 6.61 Å². The lowest BCUT2D eigenvalue weighted by molar-refractivity contribution is 0.250. The number of nitrogens with zero attached hydrogens (tertiary/aromatic N) is 3. The third-order valence-electron chi connectivity index (χ3n) is 4.29. The summed E-state index contributed by atoms with van der Waals surface area (Å²) in [6.07, 6.45) is 1.77. The van der Waals surface area contributed by atoms with E-state index >= 15 is 0 Å². The second kappa shape index (κ2) is 8.20. The van der Waals surface area contributed by atoms with Crippen LogP contribution in [0, 0.1) is 13.8 Å². The van der Waals surface area contributed by atoms with E-state index in [4.69, 9.17) is 20.8 Å². The highest BCUT2D eigenvalue weighted by molar-refractivity contribution is 7.98. The number of hydrogen-bond acceptors (Lipinski definition) is 6. The molecule has 2 aromatic heterocycles. The molecule has 0 saturated heterocycles. The normalized spacial score (nSPS) is 11.1. The molecule has 2 heterocycles. The van der Waals surface area contributed by atoms with Gasteiger partial charge in [0, 0.05) is 22.4 Å². The van der Waals surface area contributed by atoms with Gasteiger partial charge in [0.1, 0.15) is 5.75 Å². The zero-order valence-corrected chi connectivity index (χ0v) is 17.0. The van der Waals surface area contributed by atoms with Crippen molar-refractivity contribution >= 4 is 34.3 Å². The molecule has 0 saturated carbocycles. The lowest BCUT2D eigenvalue weighted by Gasteiger charge is -2.07. The van der Waals surface area contributed by atoms with Crippen molar-refractivity contribution in [1.29, 1.82) is 0 Å². The predicted molar refractivity (Wildman–Crippen MR) is 111 cm³/mol. The summed E-state index contributed by atoms with van der Waals surface area (Å²) in [5, 5.41) is 10.3. The highest BCUT2D eigenvalue weighted by atomic mass is 35.5. The number of aromatic nitrogens is 3. The first-order valence-electron chi connectivity index (χ1n) is 8.77. The molecule has 0 N–H and O–H groups in total. The molecule has 4 aromatic rings. The number of thioether (sulfide) groups is 1. The summed E-state index contributed by atoms with van der Waals surface area (Å²) in [5.74, 6) is 1.93. The van der Waals surface area contributed by atoms with Crippen LogP contribution in [0.4, 0.5) is 0 Å². The molecule has 142 valence electrons. The van der Waals surface area contributed by atoms with Crippen molar-refractivity contribution < 1.29 is 9.15 Å². The van der Waals surface area contributed by atoms with Gasteiger partial charge in [0.05, 0.1) is 5.52 Å². The molecule has 7 heteroatoms. The van der Waals surface area contributed by atoms with Crippen LogP contribution in [-0.4, -0.2) is 15.2 Å². The van der Waals surface area contributed by atoms with E-state index < -0.39 is 0 Å². The first-order chi connectivity index (χ1) is 13.6. The first kappa shape index (κ1) is 18.8. The standard InChI is InChI=1S/C21H18ClN3O2S/c1-13-5-6-14(2)18(10-13)26-11-19-24-25-21(27-19)28-12-15-7-8-17(22)16-4-3-9-23-20(15)16/h3-10H,11-12H2,1-2H3. The average Bonchev–Trinajstić information content (AvgIpc) is 3.16. The van der Waals surface area contributed by atoms with Crippen LogP contribution in [0.2, 0.25) is 5.02 Å². The molecule has 28 heavy (non-hydrogen) atoms. The molecule has 0 fully saturated rings. The van der Waals surface area contributed by atoms with Crippen molar-refractivity contribution in [3.63, 3.8) is 0 Å². The Morgan fingerprint density at radius 1 is 1.11 bits per heavy atom. The Morgan fingerprint density at radius 2 is 2.00 bits per heavy atom. The van der Waals surface area contributed by atoms with Crippen LogP contribution < -0.4 is 4.74 Å². The molecule has 0 amide bonds. The fraction of sp³-hybridized carbons (Fsp3) is 0.190. The first-order valence-corrected chi connectivity index (χ1v) is 10.1. The molecular weight excluding hydrogens is 394 g/mol. The van der Waals surface area contributed by atoms with Crippen molar-refractivity contribution in [3.8, 4) is 5.75 Å². The maximum absolute atomic E-state index is 6.25. The quantitative estimate of drug-likeness (QED) is 0.376. The van der Waals surface area contributed by atoms with Gasteiger partial charge in [-0.2, -0.15) is 0 Å². The predicted octanol–water partition coefficient (Wildman–Crippen LogP) is 5.76. The van der Waals surface area contributed by atoms with Crippen molar-refractivity contribution in [2.45, 2.75) is 31.4 Å². The number of halogens is 1. The second-order valence-electron chi connectivity index (χ2n) is 6.41. The Labute approximate surface area is 172 Å². The molecule has 0 bridgehead atoms. The van der Waals surface area contributed by atoms with Gasteiger partial charge < -0.3 is 9.15 Å². The van der Waals surface area contributed by atoms with Crippen molar-refractivity contribution in [3.05, 3.63) is 76.3 Å². The fourth-order valence-electron chi connectivity index (χ4n) is 2.81. The van der Waals surface area contributed by atoms with Gasteiger partial charge in [-0.3, -0.25) is 4.98 Å². The summed E-state index contributed by atoms with van der Waals surface area (Å²) in [6.45, 7) is 4.28. The van der Waals surface area contributed by atoms with Gasteiger partial charge in [0.25, 0.3) is 11.1 Å². The topological polar surface area (TPSA) is 61.0 Å². The molecule has 2 aromatic carbocycles. The number of fused-ring (bicyclic) bond motifs is 1. The van der Waals surface area contributed by atoms with E-state index in [0.29, 0.717) is 21.9 Å². The highest BCUT2D eigenvalue weighted by Crippen LogP contribution is 2.29. The van der Waals surface area contributed by atoms with Crippen molar-refractivity contribution in [2.75, 3.05) is 0 Å². The highest BCUT2D eigenvalue weighted by Gasteiger charge is 2.11. The smallest absolute Gasteiger partial charge is 0.277 e. The van der Waals surface area contributed by atoms with Gasteiger partial charge in [-0.25, -0.2) is 0 Å². The Morgan fingerprint density at radius 3 is 2.89 bits per heavy atom. The third kappa shape index (κ3) is 4.13. The van der Waals surface area contributed by atoms with Gasteiger partial charge in [0.2, 0.25) is 0 Å². The third-order valence-corrected chi connectivity index (χ3v) is 5.49. The SMILES string of the molecule is Cc1ccc(C)c(OCc2nnc(SCc3ccc(Cl)c4cccnc34)o2)c1. The molecule has 0 unspecified atom stereocenters. The largest absolute Gasteiger partial charge is 0.484 e. The van der Waals surface area contributed by atoms with Crippen LogP contribution in [-0.2, 0) is 12.4 Å². The lowest BCUT2D eigenvalue weighted by atomic mass is 10.1. The summed E-state index contributed by atoms with van der Waals surface area (Å²) in [7, 11) is 0. The molecular formula is C21H18ClN3O2S. The van der Waals surface area contributed by atoms with E-state index in [9.17, 15) is 0 Å². The minimum absolute atomic E-state index is 0.239. The summed E-state index contributed by atoms with van der Waals surface area (Å²) in [4.78, 5) is 4.45. The van der Waals surface area contributed by atoms with Crippen molar-refractivity contribution in [1.82, 2.24) is 15.2 Å². The van der Waals surface area contributed by atoms with E-state index in [2.05, 4.69) is 21.2 Å². The van der Waals surface area contributed by atoms with Crippen LogP contribution in [0.15, 0.2) is 58.3 Å². The summed E-state index contributed by atoms with van der Waals surface area (Å²) in [6, 6.07) is 13.8. The molecule has 0 aliphatic carbocycles. The fourth-order valence-corrected chi connectivity index (χ4v) is 3.79.